The summed E-state index contributed by atoms with van der Waals surface area (Å²) in [6.07, 6.45) is 1.97. The van der Waals surface area contributed by atoms with Gasteiger partial charge in [-0.25, -0.2) is 0 Å². The molecular formula is C12H22ClN3S. The summed E-state index contributed by atoms with van der Waals surface area (Å²) in [4.78, 5) is 0. The van der Waals surface area contributed by atoms with Crippen molar-refractivity contribution < 1.29 is 0 Å². The van der Waals surface area contributed by atoms with Crippen molar-refractivity contribution in [1.82, 2.24) is 9.78 Å². The van der Waals surface area contributed by atoms with E-state index >= 15 is 0 Å². The Hall–Kier alpha value is -0.190. The minimum absolute atomic E-state index is 0.140. The maximum Gasteiger partial charge on any atom is 0.0847 e. The molecule has 0 radical (unpaired) electrons. The fourth-order valence-electron chi connectivity index (χ4n) is 1.61. The van der Waals surface area contributed by atoms with Crippen LogP contribution in [0.3, 0.4) is 0 Å². The predicted octanol–water partition coefficient (Wildman–Crippen LogP) is 2.78. The van der Waals surface area contributed by atoms with Crippen LogP contribution in [-0.2, 0) is 13.5 Å². The Labute approximate surface area is 113 Å². The quantitative estimate of drug-likeness (QED) is 0.868. The highest BCUT2D eigenvalue weighted by Gasteiger charge is 2.15. The lowest BCUT2D eigenvalue weighted by Gasteiger charge is -2.14. The molecule has 0 amide bonds. The van der Waals surface area contributed by atoms with Crippen molar-refractivity contribution in [3.05, 3.63) is 16.4 Å². The third kappa shape index (κ3) is 4.19. The first kappa shape index (κ1) is 14.9. The van der Waals surface area contributed by atoms with E-state index in [2.05, 4.69) is 18.9 Å². The zero-order valence-electron chi connectivity index (χ0n) is 11.0. The van der Waals surface area contributed by atoms with Crippen LogP contribution in [0.25, 0.3) is 0 Å². The molecule has 98 valence electrons. The van der Waals surface area contributed by atoms with Crippen molar-refractivity contribution >= 4 is 23.4 Å². The van der Waals surface area contributed by atoms with Crippen molar-refractivity contribution in [2.45, 2.75) is 44.9 Å². The fraction of sp³-hybridized carbons (Fsp3) is 0.750. The van der Waals surface area contributed by atoms with Crippen LogP contribution >= 0.6 is 23.4 Å². The second-order valence-corrected chi connectivity index (χ2v) is 6.34. The highest BCUT2D eigenvalue weighted by atomic mass is 35.5. The molecule has 17 heavy (non-hydrogen) atoms. The minimum atomic E-state index is 0.140. The molecule has 1 aromatic rings. The summed E-state index contributed by atoms with van der Waals surface area (Å²) in [5.41, 5.74) is 8.06. The van der Waals surface area contributed by atoms with Crippen molar-refractivity contribution in [1.29, 1.82) is 0 Å². The number of thioether (sulfide) groups is 1. The second kappa shape index (κ2) is 6.66. The zero-order chi connectivity index (χ0) is 13.0. The summed E-state index contributed by atoms with van der Waals surface area (Å²) in [5.74, 6) is 0.968. The van der Waals surface area contributed by atoms with Crippen LogP contribution in [0.2, 0.25) is 5.02 Å². The topological polar surface area (TPSA) is 43.8 Å². The number of nitrogens with two attached hydrogens (primary N) is 1. The largest absolute Gasteiger partial charge is 0.327 e. The van der Waals surface area contributed by atoms with Crippen LogP contribution in [0, 0.1) is 6.92 Å². The van der Waals surface area contributed by atoms with Crippen LogP contribution in [0.15, 0.2) is 0 Å². The zero-order valence-corrected chi connectivity index (χ0v) is 12.6. The first-order valence-electron chi connectivity index (χ1n) is 6.00. The Balaban J connectivity index is 2.53. The van der Waals surface area contributed by atoms with Gasteiger partial charge >= 0.3 is 0 Å². The highest BCUT2D eigenvalue weighted by molar-refractivity contribution is 7.99. The summed E-state index contributed by atoms with van der Waals surface area (Å²) >= 11 is 8.13. The van der Waals surface area contributed by atoms with Gasteiger partial charge in [-0.05, 0) is 13.3 Å². The Kier molecular flexibility index (Phi) is 5.83. The molecule has 3 nitrogen and oxygen atoms in total. The number of halogens is 1. The van der Waals surface area contributed by atoms with Crippen LogP contribution in [0.4, 0.5) is 0 Å². The lowest BCUT2D eigenvalue weighted by atomic mass is 10.2. The fourth-order valence-corrected chi connectivity index (χ4v) is 2.78. The van der Waals surface area contributed by atoms with Crippen LogP contribution in [0.5, 0.6) is 0 Å². The number of hydrogen-bond acceptors (Lipinski definition) is 3. The summed E-state index contributed by atoms with van der Waals surface area (Å²) in [6, 6.07) is 0.140. The molecule has 1 aromatic heterocycles. The molecule has 0 aliphatic rings. The third-order valence-electron chi connectivity index (χ3n) is 2.89. The van der Waals surface area contributed by atoms with Crippen LogP contribution < -0.4 is 5.73 Å². The van der Waals surface area contributed by atoms with E-state index in [1.165, 1.54) is 6.42 Å². The number of aryl methyl sites for hydroxylation is 2. The van der Waals surface area contributed by atoms with E-state index in [0.29, 0.717) is 5.25 Å². The number of rotatable bonds is 6. The molecule has 1 heterocycles. The Morgan fingerprint density at radius 1 is 1.53 bits per heavy atom. The number of nitrogens with zero attached hydrogens (tertiary/aromatic N) is 2. The molecule has 2 unspecified atom stereocenters. The van der Waals surface area contributed by atoms with Gasteiger partial charge in [-0.15, -0.1) is 0 Å². The van der Waals surface area contributed by atoms with Gasteiger partial charge in [0.05, 0.1) is 16.4 Å². The van der Waals surface area contributed by atoms with Gasteiger partial charge in [0.25, 0.3) is 0 Å². The monoisotopic (exact) mass is 275 g/mol. The molecule has 0 aliphatic heterocycles. The summed E-state index contributed by atoms with van der Waals surface area (Å²) in [6.45, 7) is 6.36. The standard InChI is InChI=1S/C12H22ClN3S/c1-5-8(2)17-7-10(14)6-11-12(13)9(3)15-16(11)4/h8,10H,5-7,14H2,1-4H3. The second-order valence-electron chi connectivity index (χ2n) is 4.49. The molecule has 0 aliphatic carbocycles. The number of aromatic nitrogens is 2. The van der Waals surface area contributed by atoms with Crippen LogP contribution in [0.1, 0.15) is 31.7 Å². The van der Waals surface area contributed by atoms with E-state index in [0.717, 1.165) is 28.6 Å². The van der Waals surface area contributed by atoms with Gasteiger partial charge in [-0.2, -0.15) is 16.9 Å². The SMILES string of the molecule is CCC(C)SCC(N)Cc1c(Cl)c(C)nn1C. The smallest absolute Gasteiger partial charge is 0.0847 e. The van der Waals surface area contributed by atoms with E-state index < -0.39 is 0 Å². The average Bonchev–Trinajstić information content (AvgIpc) is 2.53. The first-order valence-corrected chi connectivity index (χ1v) is 7.43. The maximum absolute atomic E-state index is 6.20. The lowest BCUT2D eigenvalue weighted by molar-refractivity contribution is 0.652. The van der Waals surface area contributed by atoms with Crippen molar-refractivity contribution in [2.24, 2.45) is 12.8 Å². The molecule has 0 spiro atoms. The minimum Gasteiger partial charge on any atom is -0.327 e. The van der Waals surface area contributed by atoms with Gasteiger partial charge in [-0.1, -0.05) is 25.4 Å². The summed E-state index contributed by atoms with van der Waals surface area (Å²) in [7, 11) is 1.92. The highest BCUT2D eigenvalue weighted by Crippen LogP contribution is 2.22. The molecule has 0 aromatic carbocycles. The maximum atomic E-state index is 6.20. The average molecular weight is 276 g/mol. The predicted molar refractivity (Wildman–Crippen MR) is 76.8 cm³/mol. The molecule has 5 heteroatoms. The van der Waals surface area contributed by atoms with E-state index in [1.54, 1.807) is 0 Å². The van der Waals surface area contributed by atoms with Gasteiger partial charge < -0.3 is 5.73 Å². The van der Waals surface area contributed by atoms with E-state index in [-0.39, 0.29) is 6.04 Å². The molecular weight excluding hydrogens is 254 g/mol. The van der Waals surface area contributed by atoms with Crippen molar-refractivity contribution in [3.8, 4) is 0 Å². The Bertz CT molecular complexity index is 365. The van der Waals surface area contributed by atoms with E-state index in [1.807, 2.05) is 30.4 Å². The number of hydrogen-bond donors (Lipinski definition) is 1. The molecule has 2 N–H and O–H groups in total. The van der Waals surface area contributed by atoms with Crippen LogP contribution in [-0.4, -0.2) is 26.8 Å². The molecule has 2 atom stereocenters. The Morgan fingerprint density at radius 2 is 2.18 bits per heavy atom. The normalized spacial score (nSPS) is 14.9. The molecule has 0 saturated carbocycles. The molecule has 0 saturated heterocycles. The van der Waals surface area contributed by atoms with Gasteiger partial charge in [0.1, 0.15) is 0 Å². The Morgan fingerprint density at radius 3 is 2.65 bits per heavy atom. The van der Waals surface area contributed by atoms with Crippen molar-refractivity contribution in [3.63, 3.8) is 0 Å². The summed E-state index contributed by atoms with van der Waals surface area (Å²) in [5, 5.41) is 5.73. The van der Waals surface area contributed by atoms with Crippen molar-refractivity contribution in [2.75, 3.05) is 5.75 Å². The van der Waals surface area contributed by atoms with Gasteiger partial charge in [0.15, 0.2) is 0 Å². The van der Waals surface area contributed by atoms with Gasteiger partial charge in [-0.3, -0.25) is 4.68 Å². The van der Waals surface area contributed by atoms with Gasteiger partial charge in [0.2, 0.25) is 0 Å². The molecule has 1 rings (SSSR count). The van der Waals surface area contributed by atoms with E-state index in [9.17, 15) is 0 Å². The van der Waals surface area contributed by atoms with E-state index in [4.69, 9.17) is 17.3 Å². The molecule has 0 fully saturated rings. The third-order valence-corrected chi connectivity index (χ3v) is 4.90. The first-order chi connectivity index (χ1) is 7.95. The summed E-state index contributed by atoms with van der Waals surface area (Å²) < 4.78 is 1.84. The lowest BCUT2D eigenvalue weighted by Crippen LogP contribution is -2.27. The van der Waals surface area contributed by atoms with Gasteiger partial charge in [0, 0.05) is 30.5 Å². The molecule has 0 bridgehead atoms.